The van der Waals surface area contributed by atoms with Crippen LogP contribution in [0.4, 0.5) is 5.69 Å². The molecule has 9 nitrogen and oxygen atoms in total. The van der Waals surface area contributed by atoms with E-state index in [2.05, 4.69) is 5.32 Å². The Hall–Kier alpha value is -2.85. The highest BCUT2D eigenvalue weighted by Gasteiger charge is 2.26. The van der Waals surface area contributed by atoms with E-state index in [1.807, 2.05) is 0 Å². The Balaban J connectivity index is 2.40. The Morgan fingerprint density at radius 2 is 1.83 bits per heavy atom. The number of ether oxygens (including phenoxy) is 1. The standard InChI is InChI=1S/C20H27N3O6S/c1-6-23(7-2)30(27,28)15-11-17(22(5)12-15)19(24)21-16-10-14(20(25)26)8-9-18(16)29-13(3)4/h8-13H,6-7H2,1-5H3,(H,21,24)(H,25,26). The number of carboxylic acid groups (broad SMARTS) is 1. The lowest BCUT2D eigenvalue weighted by Crippen LogP contribution is -2.30. The van der Waals surface area contributed by atoms with Crippen molar-refractivity contribution in [1.29, 1.82) is 0 Å². The number of carboxylic acids is 1. The SMILES string of the molecule is CCN(CC)S(=O)(=O)c1cc(C(=O)Nc2cc(C(=O)O)ccc2OC(C)C)n(C)c1. The molecule has 2 N–H and O–H groups in total. The van der Waals surface area contributed by atoms with Gasteiger partial charge in [-0.3, -0.25) is 4.79 Å². The Labute approximate surface area is 176 Å². The van der Waals surface area contributed by atoms with Gasteiger partial charge in [0.1, 0.15) is 16.3 Å². The third-order valence-electron chi connectivity index (χ3n) is 4.39. The van der Waals surface area contributed by atoms with Gasteiger partial charge in [0.15, 0.2) is 0 Å². The summed E-state index contributed by atoms with van der Waals surface area (Å²) in [7, 11) is -2.16. The first-order chi connectivity index (χ1) is 14.0. The number of hydrogen-bond acceptors (Lipinski definition) is 5. The van der Waals surface area contributed by atoms with Crippen LogP contribution in [0, 0.1) is 0 Å². The van der Waals surface area contributed by atoms with E-state index in [-0.39, 0.29) is 27.9 Å². The Bertz CT molecular complexity index is 1040. The van der Waals surface area contributed by atoms with Crippen LogP contribution >= 0.6 is 0 Å². The molecule has 0 bridgehead atoms. The highest BCUT2D eigenvalue weighted by Crippen LogP contribution is 2.28. The number of carbonyl (C=O) groups excluding carboxylic acids is 1. The molecule has 0 spiro atoms. The summed E-state index contributed by atoms with van der Waals surface area (Å²) in [5.74, 6) is -1.42. The van der Waals surface area contributed by atoms with Crippen LogP contribution in [0.3, 0.4) is 0 Å². The molecule has 1 aromatic carbocycles. The lowest BCUT2D eigenvalue weighted by atomic mass is 10.2. The van der Waals surface area contributed by atoms with Crippen molar-refractivity contribution in [2.24, 2.45) is 7.05 Å². The number of benzene rings is 1. The maximum absolute atomic E-state index is 12.9. The molecule has 0 aliphatic carbocycles. The van der Waals surface area contributed by atoms with E-state index >= 15 is 0 Å². The van der Waals surface area contributed by atoms with E-state index in [1.165, 1.54) is 39.3 Å². The fraction of sp³-hybridized carbons (Fsp3) is 0.400. The van der Waals surface area contributed by atoms with Crippen molar-refractivity contribution in [2.75, 3.05) is 18.4 Å². The van der Waals surface area contributed by atoms with Crippen LogP contribution in [-0.2, 0) is 17.1 Å². The predicted octanol–water partition coefficient (Wildman–Crippen LogP) is 2.79. The molecule has 2 rings (SSSR count). The number of nitrogens with zero attached hydrogens (tertiary/aromatic N) is 2. The third kappa shape index (κ3) is 5.00. The van der Waals surface area contributed by atoms with Crippen LogP contribution < -0.4 is 10.1 Å². The van der Waals surface area contributed by atoms with Crippen LogP contribution in [0.5, 0.6) is 5.75 Å². The number of aromatic carboxylic acids is 1. The fourth-order valence-electron chi connectivity index (χ4n) is 2.92. The van der Waals surface area contributed by atoms with E-state index in [0.29, 0.717) is 18.8 Å². The zero-order valence-corrected chi connectivity index (χ0v) is 18.5. The van der Waals surface area contributed by atoms with Gasteiger partial charge in [-0.15, -0.1) is 0 Å². The van der Waals surface area contributed by atoms with Gasteiger partial charge in [-0.1, -0.05) is 13.8 Å². The average molecular weight is 438 g/mol. The van der Waals surface area contributed by atoms with Gasteiger partial charge in [0.25, 0.3) is 5.91 Å². The molecule has 30 heavy (non-hydrogen) atoms. The van der Waals surface area contributed by atoms with Gasteiger partial charge in [-0.25, -0.2) is 13.2 Å². The summed E-state index contributed by atoms with van der Waals surface area (Å²) in [6.07, 6.45) is 1.18. The molecule has 2 aromatic rings. The number of carbonyl (C=O) groups is 2. The highest BCUT2D eigenvalue weighted by molar-refractivity contribution is 7.89. The number of amides is 1. The molecule has 164 valence electrons. The van der Waals surface area contributed by atoms with Crippen molar-refractivity contribution >= 4 is 27.6 Å². The molecule has 10 heteroatoms. The second-order valence-corrected chi connectivity index (χ2v) is 8.84. The largest absolute Gasteiger partial charge is 0.489 e. The quantitative estimate of drug-likeness (QED) is 0.623. The van der Waals surface area contributed by atoms with Crippen molar-refractivity contribution in [3.8, 4) is 5.75 Å². The molecule has 0 aliphatic heterocycles. The second kappa shape index (κ2) is 9.31. The van der Waals surface area contributed by atoms with Gasteiger partial charge in [-0.05, 0) is 38.1 Å². The Kier molecular flexibility index (Phi) is 7.27. The minimum absolute atomic E-state index is 0.0109. The number of anilines is 1. The van der Waals surface area contributed by atoms with Crippen molar-refractivity contribution in [1.82, 2.24) is 8.87 Å². The summed E-state index contributed by atoms with van der Waals surface area (Å²) >= 11 is 0. The molecule has 0 atom stereocenters. The van der Waals surface area contributed by atoms with E-state index < -0.39 is 21.9 Å². The lowest BCUT2D eigenvalue weighted by molar-refractivity contribution is 0.0696. The van der Waals surface area contributed by atoms with Crippen molar-refractivity contribution in [2.45, 2.75) is 38.7 Å². The summed E-state index contributed by atoms with van der Waals surface area (Å²) in [6, 6.07) is 5.45. The maximum Gasteiger partial charge on any atom is 0.335 e. The maximum atomic E-state index is 12.9. The van der Waals surface area contributed by atoms with Gasteiger partial charge >= 0.3 is 5.97 Å². The first kappa shape index (κ1) is 23.4. The smallest absolute Gasteiger partial charge is 0.335 e. The summed E-state index contributed by atoms with van der Waals surface area (Å²) in [4.78, 5) is 24.2. The number of aryl methyl sites for hydroxylation is 1. The first-order valence-corrected chi connectivity index (χ1v) is 11.0. The summed E-state index contributed by atoms with van der Waals surface area (Å²) in [5, 5.41) is 11.9. The molecule has 0 saturated carbocycles. The third-order valence-corrected chi connectivity index (χ3v) is 6.41. The van der Waals surface area contributed by atoms with Gasteiger partial charge < -0.3 is 19.7 Å². The van der Waals surface area contributed by atoms with Crippen LogP contribution in [0.1, 0.15) is 48.5 Å². The molecule has 1 aromatic heterocycles. The van der Waals surface area contributed by atoms with Crippen molar-refractivity contribution in [3.63, 3.8) is 0 Å². The first-order valence-electron chi connectivity index (χ1n) is 9.53. The lowest BCUT2D eigenvalue weighted by Gasteiger charge is -2.17. The van der Waals surface area contributed by atoms with Crippen LogP contribution in [0.2, 0.25) is 0 Å². The molecular weight excluding hydrogens is 410 g/mol. The topological polar surface area (TPSA) is 118 Å². The minimum atomic E-state index is -3.72. The van der Waals surface area contributed by atoms with E-state index in [0.717, 1.165) is 0 Å². The monoisotopic (exact) mass is 437 g/mol. The number of hydrogen-bond donors (Lipinski definition) is 2. The minimum Gasteiger partial charge on any atom is -0.489 e. The Morgan fingerprint density at radius 1 is 1.20 bits per heavy atom. The number of sulfonamides is 1. The van der Waals surface area contributed by atoms with Gasteiger partial charge in [-0.2, -0.15) is 4.31 Å². The summed E-state index contributed by atoms with van der Waals surface area (Å²) in [6.45, 7) is 7.71. The molecule has 0 aliphatic rings. The number of nitrogens with one attached hydrogen (secondary N) is 1. The summed E-state index contributed by atoms with van der Waals surface area (Å²) in [5.41, 5.74) is 0.276. The highest BCUT2D eigenvalue weighted by atomic mass is 32.2. The van der Waals surface area contributed by atoms with Gasteiger partial charge in [0.05, 0.1) is 17.4 Å². The van der Waals surface area contributed by atoms with E-state index in [4.69, 9.17) is 4.74 Å². The van der Waals surface area contributed by atoms with Crippen molar-refractivity contribution in [3.05, 3.63) is 41.7 Å². The Morgan fingerprint density at radius 3 is 2.37 bits per heavy atom. The van der Waals surface area contributed by atoms with E-state index in [9.17, 15) is 23.1 Å². The number of aromatic nitrogens is 1. The average Bonchev–Trinajstić information content (AvgIpc) is 3.06. The summed E-state index contributed by atoms with van der Waals surface area (Å²) < 4.78 is 33.8. The molecule has 1 amide bonds. The molecular formula is C20H27N3O6S. The molecule has 0 radical (unpaired) electrons. The zero-order chi connectivity index (χ0) is 22.6. The number of rotatable bonds is 9. The van der Waals surface area contributed by atoms with Crippen LogP contribution in [0.15, 0.2) is 35.4 Å². The van der Waals surface area contributed by atoms with Gasteiger partial charge in [0, 0.05) is 26.3 Å². The van der Waals surface area contributed by atoms with E-state index in [1.54, 1.807) is 34.7 Å². The van der Waals surface area contributed by atoms with Crippen LogP contribution in [0.25, 0.3) is 0 Å². The molecule has 1 heterocycles. The molecule has 0 saturated heterocycles. The zero-order valence-electron chi connectivity index (χ0n) is 17.7. The normalized spacial score (nSPS) is 11.7. The fourth-order valence-corrected chi connectivity index (χ4v) is 4.45. The molecule has 0 fully saturated rings. The second-order valence-electron chi connectivity index (χ2n) is 6.90. The molecule has 0 unspecified atom stereocenters. The van der Waals surface area contributed by atoms with Crippen LogP contribution in [-0.4, -0.2) is 53.5 Å². The van der Waals surface area contributed by atoms with Gasteiger partial charge in [0.2, 0.25) is 10.0 Å². The van der Waals surface area contributed by atoms with Crippen molar-refractivity contribution < 1.29 is 27.9 Å². The predicted molar refractivity (Wildman–Crippen MR) is 113 cm³/mol.